The summed E-state index contributed by atoms with van der Waals surface area (Å²) in [4.78, 5) is 14.0. The highest BCUT2D eigenvalue weighted by molar-refractivity contribution is 5.71. The number of benzene rings is 2. The topological polar surface area (TPSA) is 48.0 Å². The average Bonchev–Trinajstić information content (AvgIpc) is 2.66. The van der Waals surface area contributed by atoms with E-state index in [9.17, 15) is 4.79 Å². The van der Waals surface area contributed by atoms with Crippen LogP contribution in [-0.2, 0) is 16.1 Å². The molecule has 2 aromatic carbocycles. The molecular formula is C23H29NO4. The minimum absolute atomic E-state index is 0.104. The second-order valence-corrected chi connectivity index (χ2v) is 8.18. The number of methoxy groups -OCH3 is 1. The van der Waals surface area contributed by atoms with Crippen molar-refractivity contribution in [2.75, 3.05) is 27.3 Å². The summed E-state index contributed by atoms with van der Waals surface area (Å²) in [5, 5.41) is 0. The van der Waals surface area contributed by atoms with E-state index in [-0.39, 0.29) is 12.0 Å². The first-order valence-electron chi connectivity index (χ1n) is 9.56. The fourth-order valence-corrected chi connectivity index (χ4v) is 3.50. The van der Waals surface area contributed by atoms with Crippen molar-refractivity contribution < 1.29 is 19.0 Å². The summed E-state index contributed by atoms with van der Waals surface area (Å²) in [5.74, 6) is 0.930. The maximum Gasteiger partial charge on any atom is 0.410 e. The van der Waals surface area contributed by atoms with Crippen LogP contribution in [0.15, 0.2) is 42.5 Å². The van der Waals surface area contributed by atoms with Crippen LogP contribution >= 0.6 is 0 Å². The molecule has 0 spiro atoms. The first-order chi connectivity index (χ1) is 13.3. The third-order valence-corrected chi connectivity index (χ3v) is 4.80. The van der Waals surface area contributed by atoms with Crippen LogP contribution < -0.4 is 4.74 Å². The van der Waals surface area contributed by atoms with E-state index in [1.165, 1.54) is 11.1 Å². The van der Waals surface area contributed by atoms with E-state index in [0.717, 1.165) is 16.9 Å². The Bertz CT molecular complexity index is 841. The van der Waals surface area contributed by atoms with E-state index in [1.807, 2.05) is 39.0 Å². The SMILES string of the molecule is COc1cccc(-c2cccc3c2COCC3CN(C)C(=O)OC(C)(C)C)c1. The monoisotopic (exact) mass is 383 g/mol. The number of fused-ring (bicyclic) bond motifs is 1. The normalized spacial score (nSPS) is 16.2. The molecule has 1 unspecified atom stereocenters. The van der Waals surface area contributed by atoms with Gasteiger partial charge in [-0.05, 0) is 55.2 Å². The average molecular weight is 383 g/mol. The summed E-state index contributed by atoms with van der Waals surface area (Å²) in [6.07, 6.45) is -0.316. The fourth-order valence-electron chi connectivity index (χ4n) is 3.50. The van der Waals surface area contributed by atoms with Gasteiger partial charge < -0.3 is 19.1 Å². The third kappa shape index (κ3) is 4.65. The van der Waals surface area contributed by atoms with Crippen molar-refractivity contribution in [3.63, 3.8) is 0 Å². The minimum atomic E-state index is -0.508. The van der Waals surface area contributed by atoms with E-state index < -0.39 is 5.60 Å². The van der Waals surface area contributed by atoms with Crippen molar-refractivity contribution in [1.29, 1.82) is 0 Å². The van der Waals surface area contributed by atoms with Crippen molar-refractivity contribution in [2.45, 2.75) is 38.9 Å². The summed E-state index contributed by atoms with van der Waals surface area (Å²) < 4.78 is 16.7. The molecular weight excluding hydrogens is 354 g/mol. The molecule has 0 saturated carbocycles. The number of ether oxygens (including phenoxy) is 3. The van der Waals surface area contributed by atoms with Gasteiger partial charge in [-0.25, -0.2) is 4.79 Å². The van der Waals surface area contributed by atoms with Crippen LogP contribution in [0.1, 0.15) is 37.8 Å². The lowest BCUT2D eigenvalue weighted by Crippen LogP contribution is -2.38. The van der Waals surface area contributed by atoms with Gasteiger partial charge in [-0.1, -0.05) is 30.3 Å². The van der Waals surface area contributed by atoms with Crippen molar-refractivity contribution in [3.05, 3.63) is 53.6 Å². The van der Waals surface area contributed by atoms with Gasteiger partial charge in [0.25, 0.3) is 0 Å². The first-order valence-corrected chi connectivity index (χ1v) is 9.56. The van der Waals surface area contributed by atoms with Crippen molar-refractivity contribution in [2.24, 2.45) is 0 Å². The molecule has 0 N–H and O–H groups in total. The second-order valence-electron chi connectivity index (χ2n) is 8.18. The molecule has 0 bridgehead atoms. The fraction of sp³-hybridized carbons (Fsp3) is 0.435. The van der Waals surface area contributed by atoms with Crippen LogP contribution in [0.5, 0.6) is 5.75 Å². The van der Waals surface area contributed by atoms with Crippen LogP contribution in [0.25, 0.3) is 11.1 Å². The molecule has 1 heterocycles. The quantitative estimate of drug-likeness (QED) is 0.758. The molecule has 3 rings (SSSR count). The van der Waals surface area contributed by atoms with Crippen LogP contribution in [0, 0.1) is 0 Å². The van der Waals surface area contributed by atoms with Crippen LogP contribution in [0.2, 0.25) is 0 Å². The molecule has 0 radical (unpaired) electrons. The van der Waals surface area contributed by atoms with Gasteiger partial charge in [-0.3, -0.25) is 0 Å². The molecule has 1 amide bonds. The molecule has 150 valence electrons. The molecule has 0 aliphatic carbocycles. The summed E-state index contributed by atoms with van der Waals surface area (Å²) >= 11 is 0. The molecule has 0 fully saturated rings. The second kappa shape index (κ2) is 8.23. The smallest absolute Gasteiger partial charge is 0.410 e. The molecule has 28 heavy (non-hydrogen) atoms. The number of hydrogen-bond donors (Lipinski definition) is 0. The van der Waals surface area contributed by atoms with Crippen LogP contribution in [-0.4, -0.2) is 43.9 Å². The predicted octanol–water partition coefficient (Wildman–Crippen LogP) is 4.84. The summed E-state index contributed by atoms with van der Waals surface area (Å²) in [7, 11) is 3.44. The number of rotatable bonds is 4. The number of likely N-dealkylation sites (N-methyl/N-ethyl adjacent to an activating group) is 1. The Morgan fingerprint density at radius 2 is 1.96 bits per heavy atom. The van der Waals surface area contributed by atoms with E-state index in [2.05, 4.69) is 24.3 Å². The third-order valence-electron chi connectivity index (χ3n) is 4.80. The van der Waals surface area contributed by atoms with Crippen LogP contribution in [0.3, 0.4) is 0 Å². The van der Waals surface area contributed by atoms with Crippen LogP contribution in [0.4, 0.5) is 4.79 Å². The number of nitrogens with zero attached hydrogens (tertiary/aromatic N) is 1. The number of hydrogen-bond acceptors (Lipinski definition) is 4. The first kappa shape index (κ1) is 20.2. The Morgan fingerprint density at radius 1 is 1.21 bits per heavy atom. The zero-order valence-electron chi connectivity index (χ0n) is 17.3. The lowest BCUT2D eigenvalue weighted by molar-refractivity contribution is 0.0240. The maximum atomic E-state index is 12.4. The molecule has 5 nitrogen and oxygen atoms in total. The Kier molecular flexibility index (Phi) is 5.94. The van der Waals surface area contributed by atoms with Gasteiger partial charge in [0.1, 0.15) is 11.4 Å². The molecule has 0 saturated heterocycles. The summed E-state index contributed by atoms with van der Waals surface area (Å²) in [5.41, 5.74) is 4.12. The highest BCUT2D eigenvalue weighted by atomic mass is 16.6. The molecule has 1 aliphatic rings. The largest absolute Gasteiger partial charge is 0.497 e. The minimum Gasteiger partial charge on any atom is -0.497 e. The number of amides is 1. The van der Waals surface area contributed by atoms with Gasteiger partial charge in [0.05, 0.1) is 20.3 Å². The highest BCUT2D eigenvalue weighted by Crippen LogP contribution is 2.35. The molecule has 5 heteroatoms. The van der Waals surface area contributed by atoms with Gasteiger partial charge in [-0.2, -0.15) is 0 Å². The summed E-state index contributed by atoms with van der Waals surface area (Å²) in [6.45, 7) is 7.31. The molecule has 1 aliphatic heterocycles. The van der Waals surface area contributed by atoms with Gasteiger partial charge in [0, 0.05) is 19.5 Å². The zero-order chi connectivity index (χ0) is 20.3. The van der Waals surface area contributed by atoms with E-state index in [4.69, 9.17) is 14.2 Å². The number of carbonyl (C=O) groups is 1. The lowest BCUT2D eigenvalue weighted by Gasteiger charge is -2.31. The zero-order valence-corrected chi connectivity index (χ0v) is 17.3. The molecule has 2 aromatic rings. The van der Waals surface area contributed by atoms with Gasteiger partial charge in [-0.15, -0.1) is 0 Å². The van der Waals surface area contributed by atoms with Gasteiger partial charge >= 0.3 is 6.09 Å². The molecule has 0 aromatic heterocycles. The van der Waals surface area contributed by atoms with E-state index in [0.29, 0.717) is 19.8 Å². The predicted molar refractivity (Wildman–Crippen MR) is 110 cm³/mol. The molecule has 1 atom stereocenters. The van der Waals surface area contributed by atoms with Crippen molar-refractivity contribution in [1.82, 2.24) is 4.90 Å². The Balaban J connectivity index is 1.85. The Hall–Kier alpha value is -2.53. The van der Waals surface area contributed by atoms with Gasteiger partial charge in [0.15, 0.2) is 0 Å². The van der Waals surface area contributed by atoms with E-state index in [1.54, 1.807) is 19.1 Å². The highest BCUT2D eigenvalue weighted by Gasteiger charge is 2.27. The van der Waals surface area contributed by atoms with Crippen molar-refractivity contribution in [3.8, 4) is 16.9 Å². The van der Waals surface area contributed by atoms with Crippen molar-refractivity contribution >= 4 is 6.09 Å². The number of carbonyl (C=O) groups excluding carboxylic acids is 1. The Labute approximate surface area is 167 Å². The maximum absolute atomic E-state index is 12.4. The summed E-state index contributed by atoms with van der Waals surface area (Å²) in [6, 6.07) is 14.4. The van der Waals surface area contributed by atoms with Gasteiger partial charge in [0.2, 0.25) is 0 Å². The standard InChI is InChI=1S/C23H29NO4/c1-23(2,3)28-22(25)24(4)13-17-14-27-15-21-19(10-7-11-20(17)21)16-8-6-9-18(12-16)26-5/h6-12,17H,13-15H2,1-5H3. The lowest BCUT2D eigenvalue weighted by atomic mass is 9.87. The Morgan fingerprint density at radius 3 is 2.68 bits per heavy atom. The van der Waals surface area contributed by atoms with E-state index >= 15 is 0 Å².